The number of nitrogens with zero attached hydrogens (tertiary/aromatic N) is 2. The number of fused-ring (bicyclic) bond motifs is 1. The second-order valence-electron chi connectivity index (χ2n) is 5.53. The van der Waals surface area contributed by atoms with Crippen LogP contribution in [0.5, 0.6) is 5.75 Å². The van der Waals surface area contributed by atoms with Crippen LogP contribution in [0.15, 0.2) is 45.9 Å². The van der Waals surface area contributed by atoms with Crippen molar-refractivity contribution < 1.29 is 19.1 Å². The number of aromatic nitrogens is 1. The molecule has 146 valence electrons. The van der Waals surface area contributed by atoms with Crippen molar-refractivity contribution in [3.05, 3.63) is 55.7 Å². The van der Waals surface area contributed by atoms with E-state index in [1.54, 1.807) is 16.7 Å². The number of amides is 1. The van der Waals surface area contributed by atoms with E-state index in [0.717, 1.165) is 14.7 Å². The number of thiazole rings is 1. The molecule has 28 heavy (non-hydrogen) atoms. The molecule has 0 spiro atoms. The van der Waals surface area contributed by atoms with E-state index in [4.69, 9.17) is 32.7 Å². The van der Waals surface area contributed by atoms with Crippen LogP contribution >= 0.6 is 50.5 Å². The normalized spacial score (nSPS) is 11.6. The van der Waals surface area contributed by atoms with Gasteiger partial charge in [-0.15, -0.1) is 0 Å². The fourth-order valence-electron chi connectivity index (χ4n) is 2.35. The first-order chi connectivity index (χ1) is 13.4. The summed E-state index contributed by atoms with van der Waals surface area (Å²) in [5.74, 6) is -0.631. The van der Waals surface area contributed by atoms with Crippen LogP contribution < -0.4 is 9.54 Å². The van der Waals surface area contributed by atoms with Gasteiger partial charge in [-0.3, -0.25) is 9.59 Å². The van der Waals surface area contributed by atoms with Crippen molar-refractivity contribution in [2.24, 2.45) is 4.99 Å². The van der Waals surface area contributed by atoms with Crippen LogP contribution in [0.3, 0.4) is 0 Å². The number of carbonyl (C=O) groups excluding carboxylic acids is 2. The summed E-state index contributed by atoms with van der Waals surface area (Å²) >= 11 is 16.6. The molecule has 3 aromatic rings. The molecule has 2 aromatic carbocycles. The zero-order chi connectivity index (χ0) is 20.3. The summed E-state index contributed by atoms with van der Waals surface area (Å²) in [6.45, 7) is -0.369. The van der Waals surface area contributed by atoms with Crippen LogP contribution in [0.1, 0.15) is 0 Å². The second kappa shape index (κ2) is 9.09. The number of rotatable bonds is 5. The summed E-state index contributed by atoms with van der Waals surface area (Å²) in [7, 11) is 1.31. The molecule has 0 saturated heterocycles. The third-order valence-electron chi connectivity index (χ3n) is 3.63. The van der Waals surface area contributed by atoms with Gasteiger partial charge < -0.3 is 14.0 Å². The Morgan fingerprint density at radius 1 is 1.21 bits per heavy atom. The molecule has 0 atom stereocenters. The average Bonchev–Trinajstić information content (AvgIpc) is 2.96. The van der Waals surface area contributed by atoms with Gasteiger partial charge in [0.1, 0.15) is 12.3 Å². The van der Waals surface area contributed by atoms with Crippen molar-refractivity contribution in [2.75, 3.05) is 13.7 Å². The number of halogens is 3. The summed E-state index contributed by atoms with van der Waals surface area (Å²) < 4.78 is 13.5. The molecule has 10 heteroatoms. The van der Waals surface area contributed by atoms with Crippen LogP contribution in [0.25, 0.3) is 10.2 Å². The van der Waals surface area contributed by atoms with Crippen molar-refractivity contribution in [2.45, 2.75) is 6.54 Å². The molecule has 0 fully saturated rings. The van der Waals surface area contributed by atoms with E-state index in [0.29, 0.717) is 20.6 Å². The molecule has 0 aliphatic carbocycles. The monoisotopic (exact) mass is 502 g/mol. The first-order valence-electron chi connectivity index (χ1n) is 7.88. The van der Waals surface area contributed by atoms with Crippen LogP contribution in [0.4, 0.5) is 0 Å². The maximum absolute atomic E-state index is 12.3. The fourth-order valence-corrected chi connectivity index (χ4v) is 4.41. The maximum atomic E-state index is 12.3. The average molecular weight is 504 g/mol. The van der Waals surface area contributed by atoms with Gasteiger partial charge in [0.05, 0.1) is 22.3 Å². The van der Waals surface area contributed by atoms with E-state index in [1.165, 1.54) is 24.5 Å². The third-order valence-corrected chi connectivity index (χ3v) is 5.69. The molecule has 1 aromatic heterocycles. The van der Waals surface area contributed by atoms with Gasteiger partial charge in [-0.1, -0.05) is 50.5 Å². The minimum absolute atomic E-state index is 0.0614. The summed E-state index contributed by atoms with van der Waals surface area (Å²) in [5.41, 5.74) is 0.770. The van der Waals surface area contributed by atoms with Gasteiger partial charge in [0.25, 0.3) is 5.91 Å². The lowest BCUT2D eigenvalue weighted by Gasteiger charge is -2.06. The van der Waals surface area contributed by atoms with Crippen molar-refractivity contribution in [3.63, 3.8) is 0 Å². The van der Waals surface area contributed by atoms with Gasteiger partial charge in [0.2, 0.25) is 0 Å². The molecular weight excluding hydrogens is 491 g/mol. The Kier molecular flexibility index (Phi) is 6.77. The van der Waals surface area contributed by atoms with Crippen LogP contribution in [-0.4, -0.2) is 30.2 Å². The molecule has 6 nitrogen and oxygen atoms in total. The molecule has 0 radical (unpaired) electrons. The first-order valence-corrected chi connectivity index (χ1v) is 10.2. The molecule has 0 N–H and O–H groups in total. The molecule has 0 bridgehead atoms. The Labute approximate surface area is 182 Å². The summed E-state index contributed by atoms with van der Waals surface area (Å²) in [5, 5.41) is 0.765. The molecule has 0 aliphatic rings. The smallest absolute Gasteiger partial charge is 0.325 e. The molecule has 0 unspecified atom stereocenters. The third kappa shape index (κ3) is 4.94. The maximum Gasteiger partial charge on any atom is 0.325 e. The zero-order valence-electron chi connectivity index (χ0n) is 14.4. The lowest BCUT2D eigenvalue weighted by Crippen LogP contribution is -2.23. The Bertz CT molecular complexity index is 1130. The van der Waals surface area contributed by atoms with E-state index in [2.05, 4.69) is 20.9 Å². The van der Waals surface area contributed by atoms with Gasteiger partial charge in [-0.05, 0) is 36.4 Å². The molecule has 3 rings (SSSR count). The number of benzene rings is 2. The fraction of sp³-hybridized carbons (Fsp3) is 0.167. The van der Waals surface area contributed by atoms with Crippen LogP contribution in [-0.2, 0) is 20.9 Å². The minimum Gasteiger partial charge on any atom is -0.482 e. The summed E-state index contributed by atoms with van der Waals surface area (Å²) in [6.07, 6.45) is 0. The molecule has 0 saturated carbocycles. The highest BCUT2D eigenvalue weighted by Gasteiger charge is 2.13. The lowest BCUT2D eigenvalue weighted by atomic mass is 10.3. The lowest BCUT2D eigenvalue weighted by molar-refractivity contribution is -0.141. The van der Waals surface area contributed by atoms with Crippen molar-refractivity contribution in [1.29, 1.82) is 0 Å². The highest BCUT2D eigenvalue weighted by atomic mass is 79.9. The van der Waals surface area contributed by atoms with E-state index < -0.39 is 11.9 Å². The van der Waals surface area contributed by atoms with Gasteiger partial charge in [0.15, 0.2) is 11.4 Å². The number of esters is 1. The minimum atomic E-state index is -0.518. The number of methoxy groups -OCH3 is 1. The Morgan fingerprint density at radius 3 is 2.71 bits per heavy atom. The van der Waals surface area contributed by atoms with Crippen molar-refractivity contribution in [1.82, 2.24) is 4.57 Å². The van der Waals surface area contributed by atoms with Gasteiger partial charge in [-0.2, -0.15) is 4.99 Å². The van der Waals surface area contributed by atoms with E-state index in [9.17, 15) is 9.59 Å². The summed E-state index contributed by atoms with van der Waals surface area (Å²) in [4.78, 5) is 28.6. The Hall–Kier alpha value is -1.87. The predicted octanol–water partition coefficient (Wildman–Crippen LogP) is 4.45. The van der Waals surface area contributed by atoms with Gasteiger partial charge in [0, 0.05) is 9.50 Å². The van der Waals surface area contributed by atoms with E-state index >= 15 is 0 Å². The van der Waals surface area contributed by atoms with Crippen LogP contribution in [0, 0.1) is 0 Å². The largest absolute Gasteiger partial charge is 0.482 e. The number of ether oxygens (including phenoxy) is 2. The number of hydrogen-bond acceptors (Lipinski definition) is 5. The SMILES string of the molecule is COC(=O)Cn1c(=NC(=O)COc2ccc(Cl)cc2Cl)sc2cc(Br)ccc21. The summed E-state index contributed by atoms with van der Waals surface area (Å²) in [6, 6.07) is 10.3. The highest BCUT2D eigenvalue weighted by molar-refractivity contribution is 9.10. The number of hydrogen-bond donors (Lipinski definition) is 0. The molecule has 1 amide bonds. The van der Waals surface area contributed by atoms with E-state index in [1.807, 2.05) is 18.2 Å². The molecule has 0 aliphatic heterocycles. The van der Waals surface area contributed by atoms with Crippen molar-refractivity contribution in [3.8, 4) is 5.75 Å². The first kappa shape index (κ1) is 20.9. The predicted molar refractivity (Wildman–Crippen MR) is 112 cm³/mol. The molecular formula is C18H13BrCl2N2O4S. The van der Waals surface area contributed by atoms with Gasteiger partial charge >= 0.3 is 5.97 Å². The Balaban J connectivity index is 1.90. The van der Waals surface area contributed by atoms with Gasteiger partial charge in [-0.25, -0.2) is 0 Å². The quantitative estimate of drug-likeness (QED) is 0.482. The highest BCUT2D eigenvalue weighted by Crippen LogP contribution is 2.27. The van der Waals surface area contributed by atoms with E-state index in [-0.39, 0.29) is 13.2 Å². The topological polar surface area (TPSA) is 69.9 Å². The zero-order valence-corrected chi connectivity index (χ0v) is 18.4. The van der Waals surface area contributed by atoms with Crippen molar-refractivity contribution >= 4 is 72.6 Å². The second-order valence-corrected chi connectivity index (χ2v) is 8.30. The Morgan fingerprint density at radius 2 is 2.00 bits per heavy atom. The standard InChI is InChI=1S/C18H13BrCl2N2O4S/c1-26-17(25)8-23-13-4-2-10(19)6-15(13)28-18(23)22-16(24)9-27-14-5-3-11(20)7-12(14)21/h2-7H,8-9H2,1H3. The molecule has 1 heterocycles. The van der Waals surface area contributed by atoms with Crippen LogP contribution in [0.2, 0.25) is 10.0 Å². The number of carbonyl (C=O) groups is 2.